The first-order valence-corrected chi connectivity index (χ1v) is 6.88. The summed E-state index contributed by atoms with van der Waals surface area (Å²) in [4.78, 5) is 0. The standard InChI is InChI=1S/C13H14F3N3S/c1-8-5-9(2)7-10(6-8)3-4-17-12-19-18-11(20-12)13(14,15)16/h5-7H,3-4H2,1-2H3,(H,17,19). The van der Waals surface area contributed by atoms with Crippen molar-refractivity contribution >= 4 is 16.5 Å². The van der Waals surface area contributed by atoms with E-state index in [4.69, 9.17) is 0 Å². The zero-order chi connectivity index (χ0) is 14.8. The molecule has 2 aromatic rings. The number of aromatic nitrogens is 2. The van der Waals surface area contributed by atoms with E-state index >= 15 is 0 Å². The SMILES string of the molecule is Cc1cc(C)cc(CCNc2nnc(C(F)(F)F)s2)c1. The number of hydrogen-bond donors (Lipinski definition) is 1. The predicted octanol–water partition coefficient (Wildman–Crippen LogP) is 3.83. The molecular weight excluding hydrogens is 287 g/mol. The lowest BCUT2D eigenvalue weighted by molar-refractivity contribution is -0.138. The summed E-state index contributed by atoms with van der Waals surface area (Å²) in [6.45, 7) is 4.56. The molecule has 1 aromatic heterocycles. The number of aryl methyl sites for hydroxylation is 2. The quantitative estimate of drug-likeness (QED) is 0.932. The molecule has 0 bridgehead atoms. The molecule has 0 aliphatic rings. The Hall–Kier alpha value is -1.63. The molecule has 3 nitrogen and oxygen atoms in total. The first-order chi connectivity index (χ1) is 9.34. The van der Waals surface area contributed by atoms with Gasteiger partial charge in [-0.15, -0.1) is 10.2 Å². The molecule has 1 heterocycles. The van der Waals surface area contributed by atoms with Crippen molar-refractivity contribution in [3.63, 3.8) is 0 Å². The highest BCUT2D eigenvalue weighted by Gasteiger charge is 2.35. The first-order valence-electron chi connectivity index (χ1n) is 6.06. The van der Waals surface area contributed by atoms with Crippen molar-refractivity contribution in [2.24, 2.45) is 0 Å². The van der Waals surface area contributed by atoms with Crippen LogP contribution in [0.4, 0.5) is 18.3 Å². The Morgan fingerprint density at radius 1 is 1.10 bits per heavy atom. The number of nitrogens with zero attached hydrogens (tertiary/aromatic N) is 2. The van der Waals surface area contributed by atoms with Crippen LogP contribution in [0.5, 0.6) is 0 Å². The van der Waals surface area contributed by atoms with Gasteiger partial charge in [0.05, 0.1) is 0 Å². The number of anilines is 1. The summed E-state index contributed by atoms with van der Waals surface area (Å²) in [6.07, 6.45) is -3.70. The van der Waals surface area contributed by atoms with E-state index in [1.165, 1.54) is 11.1 Å². The van der Waals surface area contributed by atoms with Gasteiger partial charge in [-0.2, -0.15) is 13.2 Å². The maximum absolute atomic E-state index is 12.4. The van der Waals surface area contributed by atoms with Crippen LogP contribution in [0.2, 0.25) is 0 Å². The lowest BCUT2D eigenvalue weighted by Gasteiger charge is -2.05. The fourth-order valence-electron chi connectivity index (χ4n) is 1.94. The minimum Gasteiger partial charge on any atom is -0.360 e. The Morgan fingerprint density at radius 2 is 1.75 bits per heavy atom. The fourth-order valence-corrected chi connectivity index (χ4v) is 2.57. The molecular formula is C13H14F3N3S. The molecule has 0 spiro atoms. The van der Waals surface area contributed by atoms with Gasteiger partial charge in [-0.1, -0.05) is 40.7 Å². The summed E-state index contributed by atoms with van der Waals surface area (Å²) in [5.41, 5.74) is 3.50. The molecule has 0 amide bonds. The van der Waals surface area contributed by atoms with Gasteiger partial charge in [0.15, 0.2) is 0 Å². The maximum Gasteiger partial charge on any atom is 0.445 e. The number of halogens is 3. The lowest BCUT2D eigenvalue weighted by atomic mass is 10.1. The van der Waals surface area contributed by atoms with E-state index in [2.05, 4.69) is 33.7 Å². The highest BCUT2D eigenvalue weighted by atomic mass is 32.1. The molecule has 2 rings (SSSR count). The van der Waals surface area contributed by atoms with E-state index in [-0.39, 0.29) is 5.13 Å². The summed E-state index contributed by atoms with van der Waals surface area (Å²) in [5, 5.41) is 8.75. The Balaban J connectivity index is 1.91. The summed E-state index contributed by atoms with van der Waals surface area (Å²) >= 11 is 0.523. The minimum atomic E-state index is -4.43. The number of nitrogens with one attached hydrogen (secondary N) is 1. The van der Waals surface area contributed by atoms with Gasteiger partial charge in [-0.25, -0.2) is 0 Å². The first kappa shape index (κ1) is 14.8. The molecule has 20 heavy (non-hydrogen) atoms. The zero-order valence-corrected chi connectivity index (χ0v) is 11.9. The van der Waals surface area contributed by atoms with Crippen molar-refractivity contribution < 1.29 is 13.2 Å². The van der Waals surface area contributed by atoms with Crippen molar-refractivity contribution in [3.8, 4) is 0 Å². The molecule has 108 valence electrons. The molecule has 0 fully saturated rings. The summed E-state index contributed by atoms with van der Waals surface area (Å²) in [7, 11) is 0. The van der Waals surface area contributed by atoms with Crippen LogP contribution in [0.25, 0.3) is 0 Å². The van der Waals surface area contributed by atoms with Crippen LogP contribution in [0.15, 0.2) is 18.2 Å². The van der Waals surface area contributed by atoms with Gasteiger partial charge in [-0.05, 0) is 25.8 Å². The second kappa shape index (κ2) is 5.78. The fraction of sp³-hybridized carbons (Fsp3) is 0.385. The topological polar surface area (TPSA) is 37.8 Å². The molecule has 0 unspecified atom stereocenters. The molecule has 1 aromatic carbocycles. The third-order valence-corrected chi connectivity index (χ3v) is 3.56. The van der Waals surface area contributed by atoms with Crippen LogP contribution in [-0.4, -0.2) is 16.7 Å². The molecule has 0 radical (unpaired) electrons. The molecule has 0 saturated heterocycles. The monoisotopic (exact) mass is 301 g/mol. The van der Waals surface area contributed by atoms with Crippen molar-refractivity contribution in [2.75, 3.05) is 11.9 Å². The number of benzene rings is 1. The molecule has 0 atom stereocenters. The summed E-state index contributed by atoms with van der Waals surface area (Å²) in [6, 6.07) is 6.21. The van der Waals surface area contributed by atoms with E-state index in [0.29, 0.717) is 17.9 Å². The van der Waals surface area contributed by atoms with E-state index < -0.39 is 11.2 Å². The van der Waals surface area contributed by atoms with Crippen LogP contribution < -0.4 is 5.32 Å². The highest BCUT2D eigenvalue weighted by molar-refractivity contribution is 7.15. The average molecular weight is 301 g/mol. The zero-order valence-electron chi connectivity index (χ0n) is 11.1. The predicted molar refractivity (Wildman–Crippen MR) is 73.0 cm³/mol. The second-order valence-corrected chi connectivity index (χ2v) is 5.56. The van der Waals surface area contributed by atoms with Gasteiger partial charge in [0.2, 0.25) is 10.1 Å². The van der Waals surface area contributed by atoms with Crippen LogP contribution in [0, 0.1) is 13.8 Å². The summed E-state index contributed by atoms with van der Waals surface area (Å²) in [5.74, 6) is 0. The van der Waals surface area contributed by atoms with E-state index in [9.17, 15) is 13.2 Å². The second-order valence-electron chi connectivity index (χ2n) is 4.58. The molecule has 1 N–H and O–H groups in total. The van der Waals surface area contributed by atoms with Crippen molar-refractivity contribution in [1.82, 2.24) is 10.2 Å². The van der Waals surface area contributed by atoms with E-state index in [1.54, 1.807) is 0 Å². The molecule has 7 heteroatoms. The smallest absolute Gasteiger partial charge is 0.360 e. The number of rotatable bonds is 4. The van der Waals surface area contributed by atoms with Crippen molar-refractivity contribution in [3.05, 3.63) is 39.9 Å². The molecule has 0 saturated carbocycles. The normalized spacial score (nSPS) is 11.7. The Morgan fingerprint density at radius 3 is 2.30 bits per heavy atom. The third kappa shape index (κ3) is 3.93. The van der Waals surface area contributed by atoms with Crippen LogP contribution in [0.3, 0.4) is 0 Å². The van der Waals surface area contributed by atoms with Crippen LogP contribution >= 0.6 is 11.3 Å². The van der Waals surface area contributed by atoms with Gasteiger partial charge in [0.25, 0.3) is 0 Å². The lowest BCUT2D eigenvalue weighted by Crippen LogP contribution is -2.04. The summed E-state index contributed by atoms with van der Waals surface area (Å²) < 4.78 is 37.1. The van der Waals surface area contributed by atoms with Gasteiger partial charge in [-0.3, -0.25) is 0 Å². The van der Waals surface area contributed by atoms with Gasteiger partial charge >= 0.3 is 6.18 Å². The van der Waals surface area contributed by atoms with Gasteiger partial charge in [0.1, 0.15) is 0 Å². The number of hydrogen-bond acceptors (Lipinski definition) is 4. The maximum atomic E-state index is 12.4. The Labute approximate surface area is 118 Å². The van der Waals surface area contributed by atoms with Crippen molar-refractivity contribution in [1.29, 1.82) is 0 Å². The van der Waals surface area contributed by atoms with Crippen LogP contribution in [0.1, 0.15) is 21.7 Å². The van der Waals surface area contributed by atoms with E-state index in [0.717, 1.165) is 12.0 Å². The van der Waals surface area contributed by atoms with Crippen molar-refractivity contribution in [2.45, 2.75) is 26.4 Å². The number of alkyl halides is 3. The van der Waals surface area contributed by atoms with Gasteiger partial charge < -0.3 is 5.32 Å². The Bertz CT molecular complexity index is 573. The molecule has 0 aliphatic carbocycles. The minimum absolute atomic E-state index is 0.196. The van der Waals surface area contributed by atoms with E-state index in [1.807, 2.05) is 13.8 Å². The van der Waals surface area contributed by atoms with Crippen LogP contribution in [-0.2, 0) is 12.6 Å². The van der Waals surface area contributed by atoms with Gasteiger partial charge in [0, 0.05) is 6.54 Å². The highest BCUT2D eigenvalue weighted by Crippen LogP contribution is 2.32. The Kier molecular flexibility index (Phi) is 4.27. The third-order valence-electron chi connectivity index (χ3n) is 2.64. The average Bonchev–Trinajstić information content (AvgIpc) is 2.76. The largest absolute Gasteiger partial charge is 0.445 e. The molecule has 0 aliphatic heterocycles.